The molecule has 0 radical (unpaired) electrons. The third kappa shape index (κ3) is 5.26. The highest BCUT2D eigenvalue weighted by atomic mass is 19.1. The van der Waals surface area contributed by atoms with Crippen LogP contribution in [0.2, 0.25) is 0 Å². The van der Waals surface area contributed by atoms with Gasteiger partial charge in [-0.1, -0.05) is 19.1 Å². The van der Waals surface area contributed by atoms with Crippen molar-refractivity contribution >= 4 is 5.91 Å². The summed E-state index contributed by atoms with van der Waals surface area (Å²) in [6.07, 6.45) is 0.190. The number of ether oxygens (including phenoxy) is 2. The Morgan fingerprint density at radius 1 is 1.38 bits per heavy atom. The number of halogens is 1. The van der Waals surface area contributed by atoms with Crippen molar-refractivity contribution in [1.82, 2.24) is 10.2 Å². The molecule has 0 saturated carbocycles. The molecule has 5 nitrogen and oxygen atoms in total. The monoisotopic (exact) mass is 338 g/mol. The van der Waals surface area contributed by atoms with Crippen LogP contribution < -0.4 is 5.32 Å². The second-order valence-corrected chi connectivity index (χ2v) is 5.82. The van der Waals surface area contributed by atoms with Crippen LogP contribution in [-0.4, -0.2) is 56.4 Å². The summed E-state index contributed by atoms with van der Waals surface area (Å²) in [6.45, 7) is 7.55. The fourth-order valence-electron chi connectivity index (χ4n) is 2.95. The Kier molecular flexibility index (Phi) is 7.62. The topological polar surface area (TPSA) is 50.8 Å². The van der Waals surface area contributed by atoms with Crippen LogP contribution in [0.1, 0.15) is 31.9 Å². The van der Waals surface area contributed by atoms with E-state index in [4.69, 9.17) is 9.47 Å². The van der Waals surface area contributed by atoms with Crippen LogP contribution in [-0.2, 0) is 14.3 Å². The van der Waals surface area contributed by atoms with Crippen molar-refractivity contribution in [2.75, 3.05) is 39.5 Å². The van der Waals surface area contributed by atoms with E-state index in [9.17, 15) is 9.18 Å². The van der Waals surface area contributed by atoms with Gasteiger partial charge in [0.2, 0.25) is 5.91 Å². The molecule has 1 aliphatic heterocycles. The van der Waals surface area contributed by atoms with Crippen LogP contribution in [0.4, 0.5) is 4.39 Å². The quantitative estimate of drug-likeness (QED) is 0.789. The van der Waals surface area contributed by atoms with Crippen LogP contribution in [0.15, 0.2) is 24.3 Å². The molecule has 134 valence electrons. The fourth-order valence-corrected chi connectivity index (χ4v) is 2.95. The Balaban J connectivity index is 2.07. The number of carbonyl (C=O) groups excluding carboxylic acids is 1. The minimum absolute atomic E-state index is 0.0762. The molecule has 0 bridgehead atoms. The maximum Gasteiger partial charge on any atom is 0.249 e. The molecule has 1 aromatic carbocycles. The van der Waals surface area contributed by atoms with E-state index in [-0.39, 0.29) is 17.8 Å². The Bertz CT molecular complexity index is 521. The zero-order valence-corrected chi connectivity index (χ0v) is 14.5. The van der Waals surface area contributed by atoms with E-state index < -0.39 is 6.10 Å². The van der Waals surface area contributed by atoms with Gasteiger partial charge in [-0.05, 0) is 31.0 Å². The fraction of sp³-hybridized carbons (Fsp3) is 0.611. The van der Waals surface area contributed by atoms with Gasteiger partial charge in [0.1, 0.15) is 11.9 Å². The van der Waals surface area contributed by atoms with E-state index >= 15 is 0 Å². The van der Waals surface area contributed by atoms with Crippen molar-refractivity contribution in [2.45, 2.75) is 32.4 Å². The van der Waals surface area contributed by atoms with E-state index in [0.29, 0.717) is 32.8 Å². The molecule has 1 aromatic rings. The Morgan fingerprint density at radius 2 is 2.12 bits per heavy atom. The van der Waals surface area contributed by atoms with Crippen molar-refractivity contribution in [2.24, 2.45) is 0 Å². The number of amides is 1. The lowest BCUT2D eigenvalue weighted by Gasteiger charge is -2.35. The van der Waals surface area contributed by atoms with Crippen LogP contribution in [0.3, 0.4) is 0 Å². The summed E-state index contributed by atoms with van der Waals surface area (Å²) in [4.78, 5) is 14.5. The first-order chi connectivity index (χ1) is 11.7. The molecule has 1 heterocycles. The molecule has 0 aliphatic carbocycles. The number of rotatable bonds is 8. The van der Waals surface area contributed by atoms with E-state index in [1.54, 1.807) is 6.07 Å². The summed E-state index contributed by atoms with van der Waals surface area (Å²) in [6, 6.07) is 6.49. The van der Waals surface area contributed by atoms with Gasteiger partial charge in [0.15, 0.2) is 0 Å². The molecule has 1 N–H and O–H groups in total. The molecule has 1 fully saturated rings. The molecule has 1 aliphatic rings. The Hall–Kier alpha value is -1.50. The molecule has 0 spiro atoms. The molecule has 2 atom stereocenters. The Morgan fingerprint density at radius 3 is 2.75 bits per heavy atom. The lowest BCUT2D eigenvalue weighted by atomic mass is 10.0. The molecule has 2 rings (SSSR count). The van der Waals surface area contributed by atoms with Gasteiger partial charge in [-0.15, -0.1) is 0 Å². The highest BCUT2D eigenvalue weighted by molar-refractivity contribution is 5.80. The second-order valence-electron chi connectivity index (χ2n) is 5.82. The van der Waals surface area contributed by atoms with E-state index in [2.05, 4.69) is 10.2 Å². The first-order valence-corrected chi connectivity index (χ1v) is 8.62. The molecule has 0 unspecified atom stereocenters. The lowest BCUT2D eigenvalue weighted by molar-refractivity contribution is -0.133. The first kappa shape index (κ1) is 18.8. The highest BCUT2D eigenvalue weighted by Crippen LogP contribution is 2.22. The zero-order chi connectivity index (χ0) is 17.4. The predicted octanol–water partition coefficient (Wildman–Crippen LogP) is 2.13. The molecule has 6 heteroatoms. The summed E-state index contributed by atoms with van der Waals surface area (Å²) in [7, 11) is 0. The third-order valence-electron chi connectivity index (χ3n) is 4.22. The van der Waals surface area contributed by atoms with Crippen LogP contribution >= 0.6 is 0 Å². The van der Waals surface area contributed by atoms with Crippen molar-refractivity contribution < 1.29 is 18.7 Å². The van der Waals surface area contributed by atoms with Crippen molar-refractivity contribution in [3.63, 3.8) is 0 Å². The van der Waals surface area contributed by atoms with Gasteiger partial charge in [0, 0.05) is 26.2 Å². The number of hydrogen-bond donors (Lipinski definition) is 1. The van der Waals surface area contributed by atoms with Crippen molar-refractivity contribution in [3.05, 3.63) is 35.6 Å². The van der Waals surface area contributed by atoms with Gasteiger partial charge in [0.25, 0.3) is 0 Å². The van der Waals surface area contributed by atoms with Gasteiger partial charge >= 0.3 is 0 Å². The van der Waals surface area contributed by atoms with E-state index in [0.717, 1.165) is 18.7 Å². The standard InChI is InChI=1S/C18H27FN2O3/c1-3-17(24-4-2)18(22)20-13-16(21-8-10-23-11-9-21)14-6-5-7-15(19)12-14/h5-7,12,16-17H,3-4,8-11,13H2,1-2H3,(H,20,22)/t16-,17-/m1/s1. The minimum atomic E-state index is -0.437. The van der Waals surface area contributed by atoms with E-state index in [1.165, 1.54) is 12.1 Å². The largest absolute Gasteiger partial charge is 0.379 e. The van der Waals surface area contributed by atoms with Gasteiger partial charge in [-0.3, -0.25) is 9.69 Å². The van der Waals surface area contributed by atoms with Gasteiger partial charge < -0.3 is 14.8 Å². The van der Waals surface area contributed by atoms with Crippen LogP contribution in [0.5, 0.6) is 0 Å². The molecular weight excluding hydrogens is 311 g/mol. The molecule has 1 amide bonds. The first-order valence-electron chi connectivity index (χ1n) is 8.62. The predicted molar refractivity (Wildman–Crippen MR) is 90.2 cm³/mol. The summed E-state index contributed by atoms with van der Waals surface area (Å²) < 4.78 is 24.5. The maximum absolute atomic E-state index is 13.6. The molecule has 1 saturated heterocycles. The number of nitrogens with zero attached hydrogens (tertiary/aromatic N) is 1. The number of nitrogens with one attached hydrogen (secondary N) is 1. The number of morpholine rings is 1. The summed E-state index contributed by atoms with van der Waals surface area (Å²) in [5.74, 6) is -0.383. The van der Waals surface area contributed by atoms with Gasteiger partial charge in [-0.2, -0.15) is 0 Å². The number of hydrogen-bond acceptors (Lipinski definition) is 4. The average molecular weight is 338 g/mol. The normalized spacial score (nSPS) is 18.1. The number of benzene rings is 1. The van der Waals surface area contributed by atoms with Crippen molar-refractivity contribution in [3.8, 4) is 0 Å². The maximum atomic E-state index is 13.6. The minimum Gasteiger partial charge on any atom is -0.379 e. The SMILES string of the molecule is CCO[C@H](CC)C(=O)NC[C@H](c1cccc(F)c1)N1CCOCC1. The van der Waals surface area contributed by atoms with Gasteiger partial charge in [-0.25, -0.2) is 4.39 Å². The van der Waals surface area contributed by atoms with E-state index in [1.807, 2.05) is 19.9 Å². The summed E-state index contributed by atoms with van der Waals surface area (Å²) >= 11 is 0. The van der Waals surface area contributed by atoms with Crippen molar-refractivity contribution in [1.29, 1.82) is 0 Å². The lowest BCUT2D eigenvalue weighted by Crippen LogP contribution is -2.45. The highest BCUT2D eigenvalue weighted by Gasteiger charge is 2.25. The molecular formula is C18H27FN2O3. The van der Waals surface area contributed by atoms with Crippen LogP contribution in [0, 0.1) is 5.82 Å². The third-order valence-corrected chi connectivity index (χ3v) is 4.22. The summed E-state index contributed by atoms with van der Waals surface area (Å²) in [5, 5.41) is 2.96. The van der Waals surface area contributed by atoms with Gasteiger partial charge in [0.05, 0.1) is 19.3 Å². The second kappa shape index (κ2) is 9.71. The Labute approximate surface area is 143 Å². The zero-order valence-electron chi connectivity index (χ0n) is 14.5. The molecule has 24 heavy (non-hydrogen) atoms. The molecule has 0 aromatic heterocycles. The van der Waals surface area contributed by atoms with Crippen LogP contribution in [0.25, 0.3) is 0 Å². The number of carbonyl (C=O) groups is 1. The smallest absolute Gasteiger partial charge is 0.249 e. The average Bonchev–Trinajstić information content (AvgIpc) is 2.60. The summed E-state index contributed by atoms with van der Waals surface area (Å²) in [5.41, 5.74) is 0.863.